The van der Waals surface area contributed by atoms with E-state index in [2.05, 4.69) is 21.2 Å². The van der Waals surface area contributed by atoms with Crippen molar-refractivity contribution in [3.63, 3.8) is 0 Å². The van der Waals surface area contributed by atoms with Crippen molar-refractivity contribution in [3.05, 3.63) is 28.2 Å². The summed E-state index contributed by atoms with van der Waals surface area (Å²) in [7, 11) is -3.43. The summed E-state index contributed by atoms with van der Waals surface area (Å²) in [4.78, 5) is 0.361. The highest BCUT2D eigenvalue weighted by molar-refractivity contribution is 9.10. The monoisotopic (exact) mass is 346 g/mol. The van der Waals surface area contributed by atoms with Crippen molar-refractivity contribution in [1.29, 1.82) is 0 Å². The van der Waals surface area contributed by atoms with Gasteiger partial charge in [-0.3, -0.25) is 0 Å². The number of piperazine rings is 1. The summed E-state index contributed by atoms with van der Waals surface area (Å²) in [5, 5.41) is 3.29. The summed E-state index contributed by atoms with van der Waals surface area (Å²) in [6.07, 6.45) is 0. The molecule has 2 rings (SSSR count). The van der Waals surface area contributed by atoms with Crippen LogP contribution in [0.5, 0.6) is 0 Å². The highest BCUT2D eigenvalue weighted by Crippen LogP contribution is 2.25. The lowest BCUT2D eigenvalue weighted by atomic mass is 10.1. The van der Waals surface area contributed by atoms with Gasteiger partial charge in [-0.25, -0.2) is 8.42 Å². The van der Waals surface area contributed by atoms with Crippen molar-refractivity contribution in [3.8, 4) is 0 Å². The minimum atomic E-state index is -3.43. The number of rotatable bonds is 2. The third-order valence-corrected chi connectivity index (χ3v) is 6.02. The van der Waals surface area contributed by atoms with Gasteiger partial charge in [0.25, 0.3) is 0 Å². The molecular formula is C13H19BrN2O2S. The van der Waals surface area contributed by atoms with Gasteiger partial charge in [0.05, 0.1) is 4.90 Å². The van der Waals surface area contributed by atoms with Crippen LogP contribution in [0.1, 0.15) is 19.4 Å². The second-order valence-electron chi connectivity index (χ2n) is 5.06. The Morgan fingerprint density at radius 2 is 2.00 bits per heavy atom. The molecule has 106 valence electrons. The molecule has 1 heterocycles. The topological polar surface area (TPSA) is 49.4 Å². The van der Waals surface area contributed by atoms with Crippen LogP contribution >= 0.6 is 15.9 Å². The van der Waals surface area contributed by atoms with Crippen LogP contribution in [-0.4, -0.2) is 37.9 Å². The van der Waals surface area contributed by atoms with E-state index in [1.807, 2.05) is 26.8 Å². The Labute approximate surface area is 123 Å². The average Bonchev–Trinajstić information content (AvgIpc) is 2.31. The lowest BCUT2D eigenvalue weighted by Crippen LogP contribution is -2.57. The molecule has 2 atom stereocenters. The minimum absolute atomic E-state index is 0.0435. The van der Waals surface area contributed by atoms with E-state index in [0.29, 0.717) is 18.0 Å². The third-order valence-electron chi connectivity index (χ3n) is 3.60. The zero-order valence-corrected chi connectivity index (χ0v) is 13.8. The van der Waals surface area contributed by atoms with Crippen LogP contribution < -0.4 is 5.32 Å². The number of hydrogen-bond acceptors (Lipinski definition) is 3. The predicted octanol–water partition coefficient (Wildman–Crippen LogP) is 2.13. The van der Waals surface area contributed by atoms with Gasteiger partial charge >= 0.3 is 0 Å². The van der Waals surface area contributed by atoms with E-state index in [9.17, 15) is 8.42 Å². The predicted molar refractivity (Wildman–Crippen MR) is 79.7 cm³/mol. The van der Waals surface area contributed by atoms with Crippen molar-refractivity contribution < 1.29 is 8.42 Å². The molecule has 0 amide bonds. The second kappa shape index (κ2) is 5.52. The molecule has 1 aromatic rings. The number of halogens is 1. The van der Waals surface area contributed by atoms with Gasteiger partial charge in [0.15, 0.2) is 0 Å². The molecule has 1 aliphatic rings. The summed E-state index contributed by atoms with van der Waals surface area (Å²) in [6, 6.07) is 5.42. The van der Waals surface area contributed by atoms with Crippen molar-refractivity contribution >= 4 is 26.0 Å². The van der Waals surface area contributed by atoms with Crippen LogP contribution in [0, 0.1) is 6.92 Å². The number of aryl methyl sites for hydroxylation is 1. The van der Waals surface area contributed by atoms with E-state index >= 15 is 0 Å². The first kappa shape index (κ1) is 15.0. The number of sulfonamides is 1. The summed E-state index contributed by atoms with van der Waals surface area (Å²) in [6.45, 7) is 7.06. The normalized spacial score (nSPS) is 25.5. The molecule has 0 radical (unpaired) electrons. The van der Waals surface area contributed by atoms with Gasteiger partial charge in [-0.2, -0.15) is 4.31 Å². The molecule has 6 heteroatoms. The van der Waals surface area contributed by atoms with Crippen LogP contribution in [0.25, 0.3) is 0 Å². The van der Waals surface area contributed by atoms with E-state index in [4.69, 9.17) is 0 Å². The molecule has 0 aromatic heterocycles. The maximum atomic E-state index is 12.7. The highest BCUT2D eigenvalue weighted by atomic mass is 79.9. The smallest absolute Gasteiger partial charge is 0.243 e. The summed E-state index contributed by atoms with van der Waals surface area (Å²) in [5.74, 6) is 0. The summed E-state index contributed by atoms with van der Waals surface area (Å²) < 4.78 is 27.8. The Morgan fingerprint density at radius 3 is 2.63 bits per heavy atom. The van der Waals surface area contributed by atoms with Crippen LogP contribution in [0.15, 0.2) is 27.6 Å². The first-order valence-electron chi connectivity index (χ1n) is 6.35. The molecule has 0 spiro atoms. The fourth-order valence-electron chi connectivity index (χ4n) is 2.35. The van der Waals surface area contributed by atoms with E-state index in [-0.39, 0.29) is 12.1 Å². The molecule has 1 fully saturated rings. The van der Waals surface area contributed by atoms with Gasteiger partial charge in [0.2, 0.25) is 10.0 Å². The molecule has 0 bridgehead atoms. The van der Waals surface area contributed by atoms with Crippen LogP contribution in [0.4, 0.5) is 0 Å². The molecule has 1 aliphatic heterocycles. The van der Waals surface area contributed by atoms with Crippen molar-refractivity contribution in [1.82, 2.24) is 9.62 Å². The van der Waals surface area contributed by atoms with Gasteiger partial charge in [0, 0.05) is 29.6 Å². The number of hydrogen-bond donors (Lipinski definition) is 1. The molecule has 2 unspecified atom stereocenters. The highest BCUT2D eigenvalue weighted by Gasteiger charge is 2.34. The Hall–Kier alpha value is -0.430. The van der Waals surface area contributed by atoms with Crippen LogP contribution in [0.3, 0.4) is 0 Å². The van der Waals surface area contributed by atoms with Crippen molar-refractivity contribution in [2.45, 2.75) is 37.8 Å². The second-order valence-corrected chi connectivity index (χ2v) is 7.87. The summed E-state index contributed by atoms with van der Waals surface area (Å²) in [5.41, 5.74) is 0.934. The van der Waals surface area contributed by atoms with E-state index in [1.165, 1.54) is 0 Å². The van der Waals surface area contributed by atoms with E-state index < -0.39 is 10.0 Å². The molecule has 1 N–H and O–H groups in total. The Kier molecular flexibility index (Phi) is 4.35. The fourth-order valence-corrected chi connectivity index (χ4v) is 4.94. The Balaban J connectivity index is 2.41. The number of nitrogens with one attached hydrogen (secondary N) is 1. The van der Waals surface area contributed by atoms with Gasteiger partial charge in [0.1, 0.15) is 0 Å². The number of nitrogens with zero attached hydrogens (tertiary/aromatic N) is 1. The molecular weight excluding hydrogens is 328 g/mol. The third kappa shape index (κ3) is 3.02. The first-order chi connectivity index (χ1) is 8.82. The first-order valence-corrected chi connectivity index (χ1v) is 8.58. The van der Waals surface area contributed by atoms with Crippen LogP contribution in [0.2, 0.25) is 0 Å². The molecule has 0 aliphatic carbocycles. The SMILES string of the molecule is Cc1cc(Br)cc(S(=O)(=O)N2CCNC(C)C2C)c1. The zero-order chi connectivity index (χ0) is 14.2. The lowest BCUT2D eigenvalue weighted by molar-refractivity contribution is 0.233. The minimum Gasteiger partial charge on any atom is -0.311 e. The summed E-state index contributed by atoms with van der Waals surface area (Å²) >= 11 is 3.36. The standard InChI is InChI=1S/C13H19BrN2O2S/c1-9-6-12(14)8-13(7-9)19(17,18)16-5-4-15-10(2)11(16)3/h6-8,10-11,15H,4-5H2,1-3H3. The van der Waals surface area contributed by atoms with E-state index in [0.717, 1.165) is 10.0 Å². The Morgan fingerprint density at radius 1 is 1.32 bits per heavy atom. The molecule has 0 saturated carbocycles. The zero-order valence-electron chi connectivity index (χ0n) is 11.4. The van der Waals surface area contributed by atoms with Gasteiger partial charge in [-0.05, 0) is 44.5 Å². The maximum Gasteiger partial charge on any atom is 0.243 e. The molecule has 1 aromatic carbocycles. The van der Waals surface area contributed by atoms with Crippen LogP contribution in [-0.2, 0) is 10.0 Å². The quantitative estimate of drug-likeness (QED) is 0.892. The van der Waals surface area contributed by atoms with Gasteiger partial charge in [-0.15, -0.1) is 0 Å². The maximum absolute atomic E-state index is 12.7. The average molecular weight is 347 g/mol. The van der Waals surface area contributed by atoms with Gasteiger partial charge in [-0.1, -0.05) is 15.9 Å². The van der Waals surface area contributed by atoms with Gasteiger partial charge < -0.3 is 5.32 Å². The molecule has 4 nitrogen and oxygen atoms in total. The largest absolute Gasteiger partial charge is 0.311 e. The molecule has 19 heavy (non-hydrogen) atoms. The molecule has 1 saturated heterocycles. The van der Waals surface area contributed by atoms with E-state index in [1.54, 1.807) is 16.4 Å². The number of benzene rings is 1. The lowest BCUT2D eigenvalue weighted by Gasteiger charge is -2.37. The van der Waals surface area contributed by atoms with Crippen molar-refractivity contribution in [2.24, 2.45) is 0 Å². The fraction of sp³-hybridized carbons (Fsp3) is 0.538. The Bertz CT molecular complexity index is 554. The van der Waals surface area contributed by atoms with Crippen molar-refractivity contribution in [2.75, 3.05) is 13.1 Å².